The van der Waals surface area contributed by atoms with Gasteiger partial charge in [-0.05, 0) is 27.2 Å². The van der Waals surface area contributed by atoms with E-state index in [1.54, 1.807) is 6.07 Å². The second-order valence-corrected chi connectivity index (χ2v) is 6.54. The molecule has 0 unspecified atom stereocenters. The number of rotatable bonds is 11. The van der Waals surface area contributed by atoms with Gasteiger partial charge in [-0.3, -0.25) is 0 Å². The summed E-state index contributed by atoms with van der Waals surface area (Å²) in [4.78, 5) is 11.2. The summed E-state index contributed by atoms with van der Waals surface area (Å²) in [6, 6.07) is 2.21. The maximum absolute atomic E-state index is 11.2. The topological polar surface area (TPSA) is 77.8 Å². The zero-order valence-electron chi connectivity index (χ0n) is 12.4. The third kappa shape index (κ3) is 6.82. The molecule has 0 aromatic carbocycles. The number of ether oxygens (including phenoxy) is 1. The summed E-state index contributed by atoms with van der Waals surface area (Å²) < 4.78 is 21.9. The van der Waals surface area contributed by atoms with Crippen LogP contribution in [0.5, 0.6) is 0 Å². The van der Waals surface area contributed by atoms with Crippen molar-refractivity contribution in [2.45, 2.75) is 33.2 Å². The van der Waals surface area contributed by atoms with E-state index in [1.165, 1.54) is 0 Å². The molecule has 20 heavy (non-hydrogen) atoms. The second kappa shape index (κ2) is 10.6. The molecule has 0 fully saturated rings. The van der Waals surface area contributed by atoms with Crippen molar-refractivity contribution in [2.24, 2.45) is 0 Å². The number of hydrogen-bond donors (Lipinski definition) is 0. The van der Waals surface area contributed by atoms with Crippen molar-refractivity contribution in [1.29, 1.82) is 5.26 Å². The molecule has 0 saturated heterocycles. The van der Waals surface area contributed by atoms with Crippen LogP contribution in [0.2, 0.25) is 6.04 Å². The van der Waals surface area contributed by atoms with E-state index in [0.29, 0.717) is 32.3 Å². The molecule has 0 aliphatic heterocycles. The molecule has 0 N–H and O–H groups in total. The fraction of sp³-hybridized carbons (Fsp3) is 0.692. The van der Waals surface area contributed by atoms with Crippen LogP contribution in [0.15, 0.2) is 12.2 Å². The predicted octanol–water partition coefficient (Wildman–Crippen LogP) is 2.05. The standard InChI is InChI=1S/C13H23NO5Si/c1-5-17-20(18-6-2,19-7-3)10-8-9-16-13(15)12(4)11-14/h4-10H2,1-3H3. The van der Waals surface area contributed by atoms with Crippen LogP contribution in [-0.4, -0.2) is 41.2 Å². The van der Waals surface area contributed by atoms with Gasteiger partial charge in [-0.25, -0.2) is 4.79 Å². The zero-order chi connectivity index (χ0) is 15.4. The number of nitriles is 1. The molecule has 0 aromatic rings. The average molecular weight is 301 g/mol. The average Bonchev–Trinajstić information content (AvgIpc) is 2.43. The molecular weight excluding hydrogens is 278 g/mol. The molecular formula is C13H23NO5Si. The maximum Gasteiger partial charge on any atom is 0.501 e. The van der Waals surface area contributed by atoms with Gasteiger partial charge in [0.25, 0.3) is 0 Å². The highest BCUT2D eigenvalue weighted by molar-refractivity contribution is 6.60. The van der Waals surface area contributed by atoms with E-state index >= 15 is 0 Å². The predicted molar refractivity (Wildman–Crippen MR) is 75.8 cm³/mol. The van der Waals surface area contributed by atoms with Gasteiger partial charge in [0.15, 0.2) is 0 Å². The van der Waals surface area contributed by atoms with E-state index in [-0.39, 0.29) is 12.2 Å². The van der Waals surface area contributed by atoms with Crippen molar-refractivity contribution >= 4 is 14.8 Å². The molecule has 0 heterocycles. The molecule has 0 spiro atoms. The highest BCUT2D eigenvalue weighted by atomic mass is 28.4. The number of esters is 1. The first-order valence-corrected chi connectivity index (χ1v) is 8.66. The third-order valence-corrected chi connectivity index (χ3v) is 5.49. The van der Waals surface area contributed by atoms with Crippen LogP contribution in [0.3, 0.4) is 0 Å². The summed E-state index contributed by atoms with van der Waals surface area (Å²) in [5.74, 6) is -0.691. The molecule has 7 heteroatoms. The molecule has 0 aliphatic rings. The molecule has 0 rings (SSSR count). The lowest BCUT2D eigenvalue weighted by molar-refractivity contribution is -0.138. The lowest BCUT2D eigenvalue weighted by Crippen LogP contribution is -2.46. The van der Waals surface area contributed by atoms with Crippen molar-refractivity contribution in [3.63, 3.8) is 0 Å². The van der Waals surface area contributed by atoms with Crippen LogP contribution < -0.4 is 0 Å². The lowest BCUT2D eigenvalue weighted by Gasteiger charge is -2.28. The number of carbonyl (C=O) groups is 1. The summed E-state index contributed by atoms with van der Waals surface area (Å²) >= 11 is 0. The summed E-state index contributed by atoms with van der Waals surface area (Å²) in [7, 11) is -2.68. The first kappa shape index (κ1) is 18.8. The van der Waals surface area contributed by atoms with Crippen LogP contribution in [0.1, 0.15) is 27.2 Å². The minimum Gasteiger partial charge on any atom is -0.462 e. The second-order valence-electron chi connectivity index (χ2n) is 3.81. The molecule has 0 radical (unpaired) electrons. The van der Waals surface area contributed by atoms with Crippen LogP contribution >= 0.6 is 0 Å². The molecule has 0 saturated carbocycles. The summed E-state index contributed by atoms with van der Waals surface area (Å²) in [5.41, 5.74) is -0.201. The monoisotopic (exact) mass is 301 g/mol. The molecule has 0 bridgehead atoms. The van der Waals surface area contributed by atoms with Crippen LogP contribution in [0.4, 0.5) is 0 Å². The number of carbonyl (C=O) groups excluding carboxylic acids is 1. The van der Waals surface area contributed by atoms with E-state index in [9.17, 15) is 4.79 Å². The van der Waals surface area contributed by atoms with Gasteiger partial charge in [0.2, 0.25) is 0 Å². The smallest absolute Gasteiger partial charge is 0.462 e. The zero-order valence-corrected chi connectivity index (χ0v) is 13.4. The van der Waals surface area contributed by atoms with Crippen molar-refractivity contribution in [1.82, 2.24) is 0 Å². The highest BCUT2D eigenvalue weighted by Gasteiger charge is 2.39. The Labute approximate surface area is 121 Å². The van der Waals surface area contributed by atoms with Gasteiger partial charge >= 0.3 is 14.8 Å². The van der Waals surface area contributed by atoms with Gasteiger partial charge in [0, 0.05) is 25.9 Å². The van der Waals surface area contributed by atoms with Crippen molar-refractivity contribution in [2.75, 3.05) is 26.4 Å². The number of nitrogens with zero attached hydrogens (tertiary/aromatic N) is 1. The van der Waals surface area contributed by atoms with Crippen molar-refractivity contribution in [3.05, 3.63) is 12.2 Å². The van der Waals surface area contributed by atoms with E-state index < -0.39 is 14.8 Å². The Kier molecular flexibility index (Phi) is 9.93. The molecule has 114 valence electrons. The van der Waals surface area contributed by atoms with E-state index in [0.717, 1.165) is 0 Å². The summed E-state index contributed by atoms with van der Waals surface area (Å²) in [5, 5.41) is 8.50. The van der Waals surface area contributed by atoms with Crippen molar-refractivity contribution < 1.29 is 22.8 Å². The maximum atomic E-state index is 11.2. The Morgan fingerprint density at radius 2 is 1.65 bits per heavy atom. The van der Waals surface area contributed by atoms with Crippen LogP contribution in [0.25, 0.3) is 0 Å². The fourth-order valence-electron chi connectivity index (χ4n) is 1.59. The van der Waals surface area contributed by atoms with Gasteiger partial charge in [-0.2, -0.15) is 5.26 Å². The fourth-order valence-corrected chi connectivity index (χ4v) is 4.17. The van der Waals surface area contributed by atoms with Gasteiger partial charge in [-0.15, -0.1) is 0 Å². The normalized spacial score (nSPS) is 10.9. The minimum absolute atomic E-state index is 0.182. The van der Waals surface area contributed by atoms with Crippen LogP contribution in [0, 0.1) is 11.3 Å². The Morgan fingerprint density at radius 3 is 2.05 bits per heavy atom. The van der Waals surface area contributed by atoms with Crippen molar-refractivity contribution in [3.8, 4) is 6.07 Å². The van der Waals surface area contributed by atoms with E-state index in [4.69, 9.17) is 23.3 Å². The lowest BCUT2D eigenvalue weighted by atomic mass is 10.3. The summed E-state index contributed by atoms with van der Waals surface area (Å²) in [6.07, 6.45) is 0.552. The third-order valence-electron chi connectivity index (χ3n) is 2.33. The molecule has 0 aliphatic carbocycles. The quantitative estimate of drug-likeness (QED) is 0.191. The Balaban J connectivity index is 4.29. The Bertz CT molecular complexity index is 336. The van der Waals surface area contributed by atoms with Gasteiger partial charge in [0.05, 0.1) is 6.61 Å². The molecule has 0 atom stereocenters. The largest absolute Gasteiger partial charge is 0.501 e. The molecule has 0 amide bonds. The summed E-state index contributed by atoms with van der Waals surface area (Å²) in [6.45, 7) is 10.7. The molecule has 6 nitrogen and oxygen atoms in total. The van der Waals surface area contributed by atoms with E-state index in [2.05, 4.69) is 6.58 Å². The Morgan fingerprint density at radius 1 is 1.15 bits per heavy atom. The van der Waals surface area contributed by atoms with Crippen LogP contribution in [-0.2, 0) is 22.8 Å². The minimum atomic E-state index is -2.68. The number of hydrogen-bond acceptors (Lipinski definition) is 6. The van der Waals surface area contributed by atoms with E-state index in [1.807, 2.05) is 20.8 Å². The van der Waals surface area contributed by atoms with Gasteiger partial charge < -0.3 is 18.0 Å². The highest BCUT2D eigenvalue weighted by Crippen LogP contribution is 2.18. The van der Waals surface area contributed by atoms with Gasteiger partial charge in [-0.1, -0.05) is 6.58 Å². The molecule has 0 aromatic heterocycles. The van der Waals surface area contributed by atoms with Gasteiger partial charge in [0.1, 0.15) is 11.6 Å². The Hall–Kier alpha value is -1.20. The SMILES string of the molecule is C=C(C#N)C(=O)OCCC[Si](OCC)(OCC)OCC. The first-order valence-electron chi connectivity index (χ1n) is 6.73. The first-order chi connectivity index (χ1) is 9.55.